The zero-order valence-electron chi connectivity index (χ0n) is 10.1. The second kappa shape index (κ2) is 9.08. The molecule has 0 spiro atoms. The van der Waals surface area contributed by atoms with Crippen LogP contribution in [-0.4, -0.2) is 23.5 Å². The summed E-state index contributed by atoms with van der Waals surface area (Å²) in [7, 11) is 0. The minimum atomic E-state index is 0.588. The molecule has 1 aromatic rings. The van der Waals surface area contributed by atoms with E-state index in [1.165, 1.54) is 24.2 Å². The molecule has 1 saturated heterocycles. The average Bonchev–Trinajstić information content (AvgIpc) is 2.43. The van der Waals surface area contributed by atoms with Gasteiger partial charge in [-0.2, -0.15) is 0 Å². The summed E-state index contributed by atoms with van der Waals surface area (Å²) in [5.41, 5.74) is 4.49. The number of nitrogens with two attached hydrogens (primary N) is 1. The molecule has 1 aliphatic heterocycles. The molecule has 0 radical (unpaired) electrons. The molecule has 18 heavy (non-hydrogen) atoms. The van der Waals surface area contributed by atoms with Gasteiger partial charge >= 0.3 is 0 Å². The van der Waals surface area contributed by atoms with Crippen molar-refractivity contribution in [3.63, 3.8) is 0 Å². The molecule has 6 heteroatoms. The maximum atomic E-state index is 7.32. The van der Waals surface area contributed by atoms with E-state index in [4.69, 9.17) is 16.8 Å². The monoisotopic (exact) mass is 287 g/mol. The Labute approximate surface area is 117 Å². The first-order chi connectivity index (χ1) is 8.76. The highest BCUT2D eigenvalue weighted by Gasteiger charge is 2.13. The van der Waals surface area contributed by atoms with Gasteiger partial charge in [0.25, 0.3) is 0 Å². The number of hydrogen-bond donors (Lipinski definition) is 3. The van der Waals surface area contributed by atoms with Crippen LogP contribution in [0.1, 0.15) is 19.3 Å². The third kappa shape index (κ3) is 6.14. The van der Waals surface area contributed by atoms with Gasteiger partial charge < -0.3 is 16.3 Å². The Bertz CT molecular complexity index is 349. The second-order valence-electron chi connectivity index (χ2n) is 3.77. The third-order valence-electron chi connectivity index (χ3n) is 2.42. The molecule has 0 aromatic heterocycles. The molecule has 1 atom stereocenters. The Morgan fingerprint density at radius 3 is 2.56 bits per heavy atom. The predicted octanol–water partition coefficient (Wildman–Crippen LogP) is 2.89. The number of halogens is 1. The topological polar surface area (TPSA) is 70.6 Å². The molecule has 1 unspecified atom stereocenters. The second-order valence-corrected chi connectivity index (χ2v) is 5.49. The van der Waals surface area contributed by atoms with Crippen LogP contribution in [0.3, 0.4) is 0 Å². The predicted molar refractivity (Wildman–Crippen MR) is 77.4 cm³/mol. The van der Waals surface area contributed by atoms with Crippen LogP contribution < -0.4 is 11.1 Å². The van der Waals surface area contributed by atoms with Crippen LogP contribution in [0, 0.1) is 0 Å². The fraction of sp³-hybridized carbons (Fsp3) is 0.417. The van der Waals surface area contributed by atoms with E-state index >= 15 is 0 Å². The van der Waals surface area contributed by atoms with Crippen molar-refractivity contribution in [3.05, 3.63) is 29.3 Å². The van der Waals surface area contributed by atoms with Gasteiger partial charge in [-0.05, 0) is 50.1 Å². The molecule has 4 nitrogen and oxygen atoms in total. The molecular weight excluding hydrogens is 270 g/mol. The van der Waals surface area contributed by atoms with E-state index in [-0.39, 0.29) is 0 Å². The number of thioether (sulfide) groups is 1. The lowest BCUT2D eigenvalue weighted by atomic mass is 10.2. The molecule has 1 fully saturated rings. The summed E-state index contributed by atoms with van der Waals surface area (Å²) in [6.45, 7) is 1.16. The first kappa shape index (κ1) is 15.1. The highest BCUT2D eigenvalue weighted by molar-refractivity contribution is 7.99. The maximum absolute atomic E-state index is 7.32. The molecule has 4 N–H and O–H groups in total. The molecule has 0 bridgehead atoms. The van der Waals surface area contributed by atoms with Gasteiger partial charge in [-0.1, -0.05) is 16.8 Å². The van der Waals surface area contributed by atoms with Crippen molar-refractivity contribution in [2.45, 2.75) is 29.5 Å². The quantitative estimate of drug-likeness (QED) is 0.338. The molecule has 1 aromatic carbocycles. The van der Waals surface area contributed by atoms with E-state index in [0.29, 0.717) is 5.37 Å². The lowest BCUT2D eigenvalue weighted by Crippen LogP contribution is -2.30. The van der Waals surface area contributed by atoms with Gasteiger partial charge in [0, 0.05) is 9.92 Å². The van der Waals surface area contributed by atoms with Gasteiger partial charge in [-0.25, -0.2) is 0 Å². The van der Waals surface area contributed by atoms with Crippen LogP contribution in [0.2, 0.25) is 5.02 Å². The fourth-order valence-electron chi connectivity index (χ4n) is 1.60. The Morgan fingerprint density at radius 2 is 2.06 bits per heavy atom. The minimum absolute atomic E-state index is 0.588. The average molecular weight is 288 g/mol. The molecule has 1 aliphatic rings. The number of nitrogens with zero attached hydrogens (tertiary/aromatic N) is 1. The summed E-state index contributed by atoms with van der Waals surface area (Å²) in [6, 6.07) is 8.08. The summed E-state index contributed by atoms with van der Waals surface area (Å²) in [5.74, 6) is 0. The Hall–Kier alpha value is -0.910. The van der Waals surface area contributed by atoms with Crippen molar-refractivity contribution >= 4 is 29.7 Å². The Morgan fingerprint density at radius 1 is 1.39 bits per heavy atom. The summed E-state index contributed by atoms with van der Waals surface area (Å²) in [5, 5.41) is 14.6. The van der Waals surface area contributed by atoms with Crippen LogP contribution in [0.15, 0.2) is 34.3 Å². The van der Waals surface area contributed by atoms with Gasteiger partial charge in [0.1, 0.15) is 6.34 Å². The van der Waals surface area contributed by atoms with E-state index in [9.17, 15) is 0 Å². The number of oxime groups is 1. The lowest BCUT2D eigenvalue weighted by molar-refractivity contribution is 0.321. The number of nitrogens with one attached hydrogen (secondary N) is 1. The molecule has 0 amide bonds. The van der Waals surface area contributed by atoms with Crippen molar-refractivity contribution < 1.29 is 5.21 Å². The molecule has 2 rings (SSSR count). The van der Waals surface area contributed by atoms with Gasteiger partial charge in [0.15, 0.2) is 0 Å². The summed E-state index contributed by atoms with van der Waals surface area (Å²) < 4.78 is 0. The molecule has 0 aliphatic carbocycles. The van der Waals surface area contributed by atoms with Gasteiger partial charge in [0.2, 0.25) is 0 Å². The van der Waals surface area contributed by atoms with Gasteiger partial charge in [-0.3, -0.25) is 0 Å². The van der Waals surface area contributed by atoms with Crippen LogP contribution in [0.4, 0.5) is 0 Å². The smallest absolute Gasteiger partial charge is 0.125 e. The van der Waals surface area contributed by atoms with Crippen molar-refractivity contribution in [1.82, 2.24) is 5.32 Å². The normalized spacial score (nSPS) is 19.3. The van der Waals surface area contributed by atoms with Gasteiger partial charge in [-0.15, -0.1) is 11.8 Å². The van der Waals surface area contributed by atoms with Gasteiger partial charge in [0.05, 0.1) is 5.37 Å². The first-order valence-electron chi connectivity index (χ1n) is 5.79. The zero-order chi connectivity index (χ0) is 13.2. The number of rotatable bonds is 2. The maximum Gasteiger partial charge on any atom is 0.125 e. The van der Waals surface area contributed by atoms with Crippen LogP contribution in [0.5, 0.6) is 0 Å². The van der Waals surface area contributed by atoms with E-state index in [0.717, 1.165) is 17.9 Å². The highest BCUT2D eigenvalue weighted by atomic mass is 35.5. The van der Waals surface area contributed by atoms with Crippen molar-refractivity contribution in [3.8, 4) is 0 Å². The summed E-state index contributed by atoms with van der Waals surface area (Å²) in [4.78, 5) is 1.30. The molecule has 1 heterocycles. The van der Waals surface area contributed by atoms with E-state index in [2.05, 4.69) is 28.3 Å². The summed E-state index contributed by atoms with van der Waals surface area (Å²) >= 11 is 7.73. The number of hydrogen-bond acceptors (Lipinski definition) is 4. The minimum Gasteiger partial charge on any atom is -0.410 e. The Balaban J connectivity index is 0.000000357. The number of benzene rings is 1. The van der Waals surface area contributed by atoms with Crippen LogP contribution in [0.25, 0.3) is 0 Å². The van der Waals surface area contributed by atoms with Crippen LogP contribution in [-0.2, 0) is 0 Å². The van der Waals surface area contributed by atoms with Crippen molar-refractivity contribution in [2.24, 2.45) is 10.9 Å². The lowest BCUT2D eigenvalue weighted by Gasteiger charge is -2.22. The van der Waals surface area contributed by atoms with Crippen LogP contribution >= 0.6 is 23.4 Å². The number of piperidine rings is 1. The summed E-state index contributed by atoms with van der Waals surface area (Å²) in [6.07, 6.45) is 4.74. The molecular formula is C12H18ClN3OS. The van der Waals surface area contributed by atoms with E-state index in [1.807, 2.05) is 23.9 Å². The van der Waals surface area contributed by atoms with Crippen molar-refractivity contribution in [1.29, 1.82) is 0 Å². The Kier molecular flexibility index (Phi) is 7.64. The molecule has 0 saturated carbocycles. The SMILES string of the molecule is Clc1ccc(SC2CCCCN2)cc1.N/C=N/O. The first-order valence-corrected chi connectivity index (χ1v) is 7.05. The standard InChI is InChI=1S/C11H14ClNS.CH4N2O/c12-9-4-6-10(7-5-9)14-11-3-1-2-8-13-11;2-1-3-4/h4-7,11,13H,1-3,8H2;1,4H,(H2,2,3). The zero-order valence-corrected chi connectivity index (χ0v) is 11.6. The third-order valence-corrected chi connectivity index (χ3v) is 3.91. The fourth-order valence-corrected chi connectivity index (χ4v) is 2.83. The van der Waals surface area contributed by atoms with E-state index in [1.54, 1.807) is 0 Å². The highest BCUT2D eigenvalue weighted by Crippen LogP contribution is 2.27. The molecule has 100 valence electrons. The van der Waals surface area contributed by atoms with E-state index < -0.39 is 0 Å². The van der Waals surface area contributed by atoms with Crippen molar-refractivity contribution in [2.75, 3.05) is 6.54 Å². The largest absolute Gasteiger partial charge is 0.410 e.